The molecule has 1 aliphatic rings. The fraction of sp³-hybridized carbons (Fsp3) is 0.318. The Labute approximate surface area is 182 Å². The molecule has 0 fully saturated rings. The van der Waals surface area contributed by atoms with Crippen molar-refractivity contribution in [2.45, 2.75) is 45.7 Å². The number of nitrogens with zero attached hydrogens (tertiary/aromatic N) is 5. The number of nitrogens with one attached hydrogen (secondary N) is 1. The molecule has 1 aromatic carbocycles. The van der Waals surface area contributed by atoms with Gasteiger partial charge in [-0.1, -0.05) is 18.6 Å². The van der Waals surface area contributed by atoms with E-state index in [-0.39, 0.29) is 11.5 Å². The number of hydrogen-bond acceptors (Lipinski definition) is 6. The maximum atomic E-state index is 13.1. The van der Waals surface area contributed by atoms with Crippen molar-refractivity contribution in [3.05, 3.63) is 69.1 Å². The first-order valence-electron chi connectivity index (χ1n) is 10.4. The Bertz CT molecular complexity index is 1300. The van der Waals surface area contributed by atoms with Crippen LogP contribution in [0.15, 0.2) is 41.7 Å². The van der Waals surface area contributed by atoms with Crippen LogP contribution in [0.4, 0.5) is 0 Å². The van der Waals surface area contributed by atoms with E-state index >= 15 is 0 Å². The largest absolute Gasteiger partial charge is 0.347 e. The number of aryl methyl sites for hydroxylation is 2. The van der Waals surface area contributed by atoms with Crippen LogP contribution in [-0.2, 0) is 19.5 Å². The third kappa shape index (κ3) is 3.65. The second-order valence-corrected chi connectivity index (χ2v) is 8.72. The number of carbonyl (C=O) groups is 1. The number of hydrogen-bond donors (Lipinski definition) is 1. The molecule has 0 aliphatic carbocycles. The van der Waals surface area contributed by atoms with Gasteiger partial charge in [0.1, 0.15) is 23.3 Å². The minimum atomic E-state index is -0.180. The summed E-state index contributed by atoms with van der Waals surface area (Å²) in [5, 5.41) is 7.66. The molecule has 3 aromatic heterocycles. The third-order valence-electron chi connectivity index (χ3n) is 5.69. The van der Waals surface area contributed by atoms with Crippen molar-refractivity contribution in [3.8, 4) is 5.69 Å². The van der Waals surface area contributed by atoms with Crippen molar-refractivity contribution in [2.75, 3.05) is 0 Å². The summed E-state index contributed by atoms with van der Waals surface area (Å²) in [7, 11) is 0. The van der Waals surface area contributed by atoms with Crippen molar-refractivity contribution in [2.24, 2.45) is 0 Å². The lowest BCUT2D eigenvalue weighted by molar-refractivity contribution is 0.0954. The Hall–Kier alpha value is -3.33. The van der Waals surface area contributed by atoms with E-state index < -0.39 is 0 Å². The van der Waals surface area contributed by atoms with E-state index in [4.69, 9.17) is 4.98 Å². The van der Waals surface area contributed by atoms with E-state index in [0.717, 1.165) is 48.3 Å². The lowest BCUT2D eigenvalue weighted by atomic mass is 10.2. The first-order valence-corrected chi connectivity index (χ1v) is 11.2. The molecule has 0 radical (unpaired) electrons. The summed E-state index contributed by atoms with van der Waals surface area (Å²) in [6.07, 6.45) is 7.09. The maximum absolute atomic E-state index is 13.1. The predicted octanol–water partition coefficient (Wildman–Crippen LogP) is 3.00. The molecule has 5 rings (SSSR count). The van der Waals surface area contributed by atoms with Gasteiger partial charge in [-0.05, 0) is 43.0 Å². The SMILES string of the molecule is Cc1c(C(=O)NCc2ccc(-n3cncn3)cc2)sc2nc3n(c(=O)c12)CCCCC3. The van der Waals surface area contributed by atoms with Gasteiger partial charge in [0.05, 0.1) is 16.0 Å². The van der Waals surface area contributed by atoms with Gasteiger partial charge in [0.25, 0.3) is 11.5 Å². The van der Waals surface area contributed by atoms with E-state index in [1.54, 1.807) is 15.6 Å². The summed E-state index contributed by atoms with van der Waals surface area (Å²) in [5.74, 6) is 0.663. The van der Waals surface area contributed by atoms with Crippen LogP contribution < -0.4 is 10.9 Å². The van der Waals surface area contributed by atoms with Crippen LogP contribution in [-0.4, -0.2) is 30.2 Å². The van der Waals surface area contributed by atoms with Crippen molar-refractivity contribution >= 4 is 27.5 Å². The Balaban J connectivity index is 1.37. The zero-order chi connectivity index (χ0) is 21.4. The number of benzene rings is 1. The molecule has 1 aliphatic heterocycles. The topological polar surface area (TPSA) is 94.7 Å². The first-order chi connectivity index (χ1) is 15.1. The summed E-state index contributed by atoms with van der Waals surface area (Å²) >= 11 is 1.31. The van der Waals surface area contributed by atoms with Gasteiger partial charge in [-0.2, -0.15) is 5.10 Å². The number of aromatic nitrogens is 5. The van der Waals surface area contributed by atoms with Gasteiger partial charge in [-0.3, -0.25) is 14.2 Å². The highest BCUT2D eigenvalue weighted by molar-refractivity contribution is 7.20. The number of fused-ring (bicyclic) bond motifs is 2. The van der Waals surface area contributed by atoms with Gasteiger partial charge in [0, 0.05) is 19.5 Å². The van der Waals surface area contributed by atoms with Crippen LogP contribution in [0.2, 0.25) is 0 Å². The second kappa shape index (κ2) is 8.07. The summed E-state index contributed by atoms with van der Waals surface area (Å²) in [4.78, 5) is 35.9. The smallest absolute Gasteiger partial charge is 0.262 e. The average Bonchev–Trinajstić information content (AvgIpc) is 3.35. The molecule has 0 bridgehead atoms. The van der Waals surface area contributed by atoms with Crippen molar-refractivity contribution in [3.63, 3.8) is 0 Å². The van der Waals surface area contributed by atoms with E-state index in [9.17, 15) is 9.59 Å². The summed E-state index contributed by atoms with van der Waals surface area (Å²) in [6, 6.07) is 7.75. The monoisotopic (exact) mass is 434 g/mol. The zero-order valence-corrected chi connectivity index (χ0v) is 18.0. The van der Waals surface area contributed by atoms with Crippen LogP contribution in [0.25, 0.3) is 15.9 Å². The van der Waals surface area contributed by atoms with Crippen LogP contribution in [0, 0.1) is 6.92 Å². The van der Waals surface area contributed by atoms with Crippen LogP contribution in [0.1, 0.15) is 45.9 Å². The highest BCUT2D eigenvalue weighted by atomic mass is 32.1. The number of thiophene rings is 1. The zero-order valence-electron chi connectivity index (χ0n) is 17.2. The molecule has 4 heterocycles. The number of amides is 1. The van der Waals surface area contributed by atoms with Crippen molar-refractivity contribution in [1.29, 1.82) is 0 Å². The molecule has 31 heavy (non-hydrogen) atoms. The van der Waals surface area contributed by atoms with E-state index in [1.165, 1.54) is 17.7 Å². The van der Waals surface area contributed by atoms with Gasteiger partial charge in [0.15, 0.2) is 0 Å². The van der Waals surface area contributed by atoms with Crippen LogP contribution in [0.5, 0.6) is 0 Å². The van der Waals surface area contributed by atoms with Gasteiger partial charge >= 0.3 is 0 Å². The molecule has 4 aromatic rings. The summed E-state index contributed by atoms with van der Waals surface area (Å²) in [6.45, 7) is 2.94. The van der Waals surface area contributed by atoms with Gasteiger partial charge in [-0.15, -0.1) is 11.3 Å². The molecule has 9 heteroatoms. The Morgan fingerprint density at radius 3 is 2.81 bits per heavy atom. The fourth-order valence-electron chi connectivity index (χ4n) is 4.00. The fourth-order valence-corrected chi connectivity index (χ4v) is 5.10. The average molecular weight is 435 g/mol. The molecule has 0 spiro atoms. The van der Waals surface area contributed by atoms with Gasteiger partial charge < -0.3 is 5.32 Å². The predicted molar refractivity (Wildman–Crippen MR) is 119 cm³/mol. The normalized spacial score (nSPS) is 13.7. The molecule has 0 saturated carbocycles. The number of carbonyl (C=O) groups excluding carboxylic acids is 1. The van der Waals surface area contributed by atoms with Crippen LogP contribution >= 0.6 is 11.3 Å². The highest BCUT2D eigenvalue weighted by Crippen LogP contribution is 2.28. The van der Waals surface area contributed by atoms with Gasteiger partial charge in [0.2, 0.25) is 0 Å². The quantitative estimate of drug-likeness (QED) is 0.533. The first kappa shape index (κ1) is 19.6. The molecular formula is C22H22N6O2S. The Kier molecular flexibility index (Phi) is 5.11. The molecule has 0 atom stereocenters. The Morgan fingerprint density at radius 2 is 2.03 bits per heavy atom. The molecule has 0 saturated heterocycles. The van der Waals surface area contributed by atoms with E-state index in [2.05, 4.69) is 15.4 Å². The molecule has 1 N–H and O–H groups in total. The molecular weight excluding hydrogens is 412 g/mol. The van der Waals surface area contributed by atoms with Crippen molar-refractivity contribution in [1.82, 2.24) is 29.6 Å². The number of rotatable bonds is 4. The van der Waals surface area contributed by atoms with Crippen molar-refractivity contribution < 1.29 is 4.79 Å². The molecule has 158 valence electrons. The lowest BCUT2D eigenvalue weighted by Gasteiger charge is -2.08. The second-order valence-electron chi connectivity index (χ2n) is 7.72. The van der Waals surface area contributed by atoms with E-state index in [1.807, 2.05) is 31.2 Å². The summed E-state index contributed by atoms with van der Waals surface area (Å²) < 4.78 is 3.48. The maximum Gasteiger partial charge on any atom is 0.262 e. The minimum absolute atomic E-state index is 0.0154. The summed E-state index contributed by atoms with van der Waals surface area (Å²) in [5.41, 5.74) is 2.58. The highest BCUT2D eigenvalue weighted by Gasteiger charge is 2.22. The Morgan fingerprint density at radius 1 is 1.19 bits per heavy atom. The van der Waals surface area contributed by atoms with E-state index in [0.29, 0.717) is 28.2 Å². The van der Waals surface area contributed by atoms with Gasteiger partial charge in [-0.25, -0.2) is 14.6 Å². The molecule has 0 unspecified atom stereocenters. The molecule has 8 nitrogen and oxygen atoms in total. The lowest BCUT2D eigenvalue weighted by Crippen LogP contribution is -2.25. The minimum Gasteiger partial charge on any atom is -0.347 e. The van der Waals surface area contributed by atoms with Crippen LogP contribution in [0.3, 0.4) is 0 Å². The standard InChI is InChI=1S/C22H22N6O2S/c1-14-18-21(26-17-5-3-2-4-10-27(17)22(18)30)31-19(14)20(29)24-11-15-6-8-16(9-7-15)28-13-23-12-25-28/h6-9,12-13H,2-5,10-11H2,1H3,(H,24,29). The molecule has 1 amide bonds. The third-order valence-corrected chi connectivity index (χ3v) is 6.87.